The molecule has 0 bridgehead atoms. The summed E-state index contributed by atoms with van der Waals surface area (Å²) in [5.74, 6) is 0.685. The second-order valence-corrected chi connectivity index (χ2v) is 3.86. The van der Waals surface area contributed by atoms with Crippen LogP contribution >= 0.6 is 0 Å². The Morgan fingerprint density at radius 2 is 2.06 bits per heavy atom. The van der Waals surface area contributed by atoms with Gasteiger partial charge in [-0.25, -0.2) is 4.98 Å². The highest BCUT2D eigenvalue weighted by molar-refractivity contribution is 5.76. The SMILES string of the molecule is CNC(c1ccc2nc(C)[nH]c2c1)C(F)(F)F. The fourth-order valence-electron chi connectivity index (χ4n) is 1.85. The van der Waals surface area contributed by atoms with E-state index in [-0.39, 0.29) is 5.56 Å². The summed E-state index contributed by atoms with van der Waals surface area (Å²) in [6.07, 6.45) is -4.31. The molecule has 6 heteroatoms. The van der Waals surface area contributed by atoms with Gasteiger partial charge in [-0.05, 0) is 31.7 Å². The number of aromatic nitrogens is 2. The van der Waals surface area contributed by atoms with Gasteiger partial charge in [-0.2, -0.15) is 13.2 Å². The summed E-state index contributed by atoms with van der Waals surface area (Å²) in [6.45, 7) is 1.76. The van der Waals surface area contributed by atoms with Gasteiger partial charge >= 0.3 is 6.18 Å². The van der Waals surface area contributed by atoms with Crippen LogP contribution in [0.4, 0.5) is 13.2 Å². The molecule has 92 valence electrons. The highest BCUT2D eigenvalue weighted by atomic mass is 19.4. The van der Waals surface area contributed by atoms with E-state index in [4.69, 9.17) is 0 Å². The Balaban J connectivity index is 2.47. The Labute approximate surface area is 96.0 Å². The van der Waals surface area contributed by atoms with E-state index >= 15 is 0 Å². The van der Waals surface area contributed by atoms with Crippen LogP contribution in [0.1, 0.15) is 17.4 Å². The number of nitrogens with one attached hydrogen (secondary N) is 2. The molecule has 1 aromatic heterocycles. The van der Waals surface area contributed by atoms with Gasteiger partial charge in [0, 0.05) is 0 Å². The largest absolute Gasteiger partial charge is 0.407 e. The molecule has 1 unspecified atom stereocenters. The molecule has 0 aliphatic rings. The van der Waals surface area contributed by atoms with E-state index < -0.39 is 12.2 Å². The number of imidazole rings is 1. The smallest absolute Gasteiger partial charge is 0.342 e. The predicted octanol–water partition coefficient (Wildman–Crippen LogP) is 2.69. The lowest BCUT2D eigenvalue weighted by Crippen LogP contribution is -2.31. The minimum Gasteiger partial charge on any atom is -0.342 e. The zero-order valence-electron chi connectivity index (χ0n) is 9.39. The van der Waals surface area contributed by atoms with Crippen LogP contribution in [-0.2, 0) is 0 Å². The summed E-state index contributed by atoms with van der Waals surface area (Å²) in [7, 11) is 1.29. The van der Waals surface area contributed by atoms with Crippen molar-refractivity contribution >= 4 is 11.0 Å². The van der Waals surface area contributed by atoms with Gasteiger partial charge < -0.3 is 10.3 Å². The van der Waals surface area contributed by atoms with Crippen molar-refractivity contribution in [1.29, 1.82) is 0 Å². The van der Waals surface area contributed by atoms with Crippen LogP contribution < -0.4 is 5.32 Å². The van der Waals surface area contributed by atoms with Crippen molar-refractivity contribution in [3.05, 3.63) is 29.6 Å². The minimum absolute atomic E-state index is 0.177. The van der Waals surface area contributed by atoms with Gasteiger partial charge in [0.05, 0.1) is 11.0 Å². The zero-order chi connectivity index (χ0) is 12.6. The summed E-state index contributed by atoms with van der Waals surface area (Å²) >= 11 is 0. The van der Waals surface area contributed by atoms with Gasteiger partial charge in [0.2, 0.25) is 0 Å². The van der Waals surface area contributed by atoms with E-state index in [9.17, 15) is 13.2 Å². The van der Waals surface area contributed by atoms with Gasteiger partial charge in [0.15, 0.2) is 0 Å². The van der Waals surface area contributed by atoms with Crippen LogP contribution in [0.25, 0.3) is 11.0 Å². The molecule has 0 saturated heterocycles. The molecule has 0 amide bonds. The van der Waals surface area contributed by atoms with Crippen LogP contribution in [0.15, 0.2) is 18.2 Å². The molecule has 3 nitrogen and oxygen atoms in total. The monoisotopic (exact) mass is 243 g/mol. The Bertz CT molecular complexity index is 530. The number of hydrogen-bond donors (Lipinski definition) is 2. The fraction of sp³-hybridized carbons (Fsp3) is 0.364. The number of alkyl halides is 3. The first-order chi connectivity index (χ1) is 7.91. The molecule has 0 aliphatic carbocycles. The molecule has 1 atom stereocenters. The molecule has 2 N–H and O–H groups in total. The third-order valence-electron chi connectivity index (χ3n) is 2.57. The molecule has 2 rings (SSSR count). The summed E-state index contributed by atoms with van der Waals surface area (Å²) in [5.41, 5.74) is 1.46. The third kappa shape index (κ3) is 2.26. The molecule has 17 heavy (non-hydrogen) atoms. The molecule has 0 aliphatic heterocycles. The fourth-order valence-corrected chi connectivity index (χ4v) is 1.85. The van der Waals surface area contributed by atoms with Crippen molar-refractivity contribution in [2.24, 2.45) is 0 Å². The highest BCUT2D eigenvalue weighted by Crippen LogP contribution is 2.33. The van der Waals surface area contributed by atoms with Gasteiger partial charge in [-0.15, -0.1) is 0 Å². The second kappa shape index (κ2) is 4.03. The summed E-state index contributed by atoms with van der Waals surface area (Å²) in [6, 6.07) is 2.85. The average Bonchev–Trinajstić information content (AvgIpc) is 2.56. The maximum absolute atomic E-state index is 12.7. The number of aromatic amines is 1. The van der Waals surface area contributed by atoms with E-state index in [1.54, 1.807) is 13.0 Å². The lowest BCUT2D eigenvalue weighted by Gasteiger charge is -2.19. The first-order valence-corrected chi connectivity index (χ1v) is 5.12. The van der Waals surface area contributed by atoms with E-state index in [1.807, 2.05) is 0 Å². The molecule has 0 saturated carbocycles. The number of H-pyrrole nitrogens is 1. The van der Waals surface area contributed by atoms with Gasteiger partial charge in [0.1, 0.15) is 11.9 Å². The van der Waals surface area contributed by atoms with Crippen molar-refractivity contribution in [2.45, 2.75) is 19.1 Å². The minimum atomic E-state index is -4.31. The van der Waals surface area contributed by atoms with Crippen molar-refractivity contribution in [3.63, 3.8) is 0 Å². The molecular formula is C11H12F3N3. The number of nitrogens with zero attached hydrogens (tertiary/aromatic N) is 1. The van der Waals surface area contributed by atoms with Crippen molar-refractivity contribution in [1.82, 2.24) is 15.3 Å². The van der Waals surface area contributed by atoms with Gasteiger partial charge in [0.25, 0.3) is 0 Å². The second-order valence-electron chi connectivity index (χ2n) is 3.86. The van der Waals surface area contributed by atoms with E-state index in [0.717, 1.165) is 0 Å². The predicted molar refractivity (Wildman–Crippen MR) is 58.7 cm³/mol. The van der Waals surface area contributed by atoms with E-state index in [0.29, 0.717) is 16.9 Å². The number of hydrogen-bond acceptors (Lipinski definition) is 2. The number of rotatable bonds is 2. The van der Waals surface area contributed by atoms with Crippen LogP contribution in [0.3, 0.4) is 0 Å². The topological polar surface area (TPSA) is 40.7 Å². The van der Waals surface area contributed by atoms with Crippen LogP contribution in [0.2, 0.25) is 0 Å². The van der Waals surface area contributed by atoms with Crippen molar-refractivity contribution < 1.29 is 13.2 Å². The summed E-state index contributed by atoms with van der Waals surface area (Å²) in [5, 5.41) is 2.27. The van der Waals surface area contributed by atoms with Crippen molar-refractivity contribution in [3.8, 4) is 0 Å². The standard InChI is InChI=1S/C11H12F3N3/c1-6-16-8-4-3-7(5-9(8)17-6)10(15-2)11(12,13)14/h3-5,10,15H,1-2H3,(H,16,17). The number of halogens is 3. The first-order valence-electron chi connectivity index (χ1n) is 5.12. The lowest BCUT2D eigenvalue weighted by molar-refractivity contribution is -0.156. The molecule has 1 aromatic carbocycles. The van der Waals surface area contributed by atoms with Crippen LogP contribution in [0, 0.1) is 6.92 Å². The molecule has 0 radical (unpaired) electrons. The quantitative estimate of drug-likeness (QED) is 0.851. The highest BCUT2D eigenvalue weighted by Gasteiger charge is 2.39. The van der Waals surface area contributed by atoms with Gasteiger partial charge in [-0.1, -0.05) is 6.07 Å². The Hall–Kier alpha value is -1.56. The zero-order valence-corrected chi connectivity index (χ0v) is 9.39. The molecule has 1 heterocycles. The molecule has 2 aromatic rings. The third-order valence-corrected chi connectivity index (χ3v) is 2.57. The summed E-state index contributed by atoms with van der Waals surface area (Å²) < 4.78 is 38.2. The average molecular weight is 243 g/mol. The summed E-state index contributed by atoms with van der Waals surface area (Å²) in [4.78, 5) is 7.07. The molecule has 0 fully saturated rings. The van der Waals surface area contributed by atoms with E-state index in [1.165, 1.54) is 19.2 Å². The number of benzene rings is 1. The van der Waals surface area contributed by atoms with E-state index in [2.05, 4.69) is 15.3 Å². The number of aryl methyl sites for hydroxylation is 1. The molecular weight excluding hydrogens is 231 g/mol. The van der Waals surface area contributed by atoms with Crippen LogP contribution in [-0.4, -0.2) is 23.2 Å². The normalized spacial score (nSPS) is 14.2. The van der Waals surface area contributed by atoms with Gasteiger partial charge in [-0.3, -0.25) is 0 Å². The van der Waals surface area contributed by atoms with Crippen LogP contribution in [0.5, 0.6) is 0 Å². The maximum Gasteiger partial charge on any atom is 0.407 e. The Morgan fingerprint density at radius 3 is 2.65 bits per heavy atom. The molecule has 0 spiro atoms. The maximum atomic E-state index is 12.7. The Morgan fingerprint density at radius 1 is 1.35 bits per heavy atom. The van der Waals surface area contributed by atoms with Crippen molar-refractivity contribution in [2.75, 3.05) is 7.05 Å². The lowest BCUT2D eigenvalue weighted by atomic mass is 10.1. The first kappa shape index (κ1) is 11.9. The Kier molecular flexibility index (Phi) is 2.82. The number of fused-ring (bicyclic) bond motifs is 1.